The third kappa shape index (κ3) is 3.84. The Labute approximate surface area is 140 Å². The van der Waals surface area contributed by atoms with Crippen molar-refractivity contribution in [3.8, 4) is 0 Å². The van der Waals surface area contributed by atoms with Crippen molar-refractivity contribution in [1.82, 2.24) is 20.2 Å². The van der Waals surface area contributed by atoms with E-state index in [2.05, 4.69) is 51.5 Å². The molecular weight excluding hydrogens is 302 g/mol. The zero-order chi connectivity index (χ0) is 16.9. The van der Waals surface area contributed by atoms with Crippen LogP contribution in [0.5, 0.6) is 0 Å². The second kappa shape index (κ2) is 7.04. The lowest BCUT2D eigenvalue weighted by atomic mass is 10.0. The molecule has 2 N–H and O–H groups in total. The molecule has 0 spiro atoms. The van der Waals surface area contributed by atoms with E-state index in [0.717, 1.165) is 11.3 Å². The molecule has 0 atom stereocenters. The Bertz CT molecular complexity index is 857. The first kappa shape index (κ1) is 15.9. The molecule has 0 unspecified atom stereocenters. The van der Waals surface area contributed by atoms with Gasteiger partial charge in [0.1, 0.15) is 5.69 Å². The maximum absolute atomic E-state index is 12.2. The number of aromatic nitrogens is 4. The van der Waals surface area contributed by atoms with E-state index in [9.17, 15) is 4.79 Å². The molecule has 2 heterocycles. The summed E-state index contributed by atoms with van der Waals surface area (Å²) in [7, 11) is 0. The van der Waals surface area contributed by atoms with Gasteiger partial charge in [-0.25, -0.2) is 0 Å². The van der Waals surface area contributed by atoms with Crippen LogP contribution < -0.4 is 10.9 Å². The summed E-state index contributed by atoms with van der Waals surface area (Å²) < 4.78 is 0. The van der Waals surface area contributed by atoms with Crippen molar-refractivity contribution in [2.24, 2.45) is 0 Å². The normalized spacial score (nSPS) is 10.8. The van der Waals surface area contributed by atoms with Gasteiger partial charge in [-0.1, -0.05) is 38.1 Å². The fourth-order valence-electron chi connectivity index (χ4n) is 2.32. The number of hydrogen-bond donors (Lipinski definition) is 2. The van der Waals surface area contributed by atoms with E-state index in [4.69, 9.17) is 0 Å². The van der Waals surface area contributed by atoms with Gasteiger partial charge in [-0.2, -0.15) is 0 Å². The highest BCUT2D eigenvalue weighted by molar-refractivity contribution is 5.50. The van der Waals surface area contributed by atoms with Gasteiger partial charge in [-0.05, 0) is 29.2 Å². The number of pyridine rings is 1. The highest BCUT2D eigenvalue weighted by Crippen LogP contribution is 2.15. The summed E-state index contributed by atoms with van der Waals surface area (Å²) in [5.41, 5.74) is 3.19. The Hall–Kier alpha value is -3.02. The lowest BCUT2D eigenvalue weighted by Crippen LogP contribution is -2.18. The van der Waals surface area contributed by atoms with Crippen LogP contribution in [-0.4, -0.2) is 20.2 Å². The Morgan fingerprint density at radius 3 is 2.54 bits per heavy atom. The van der Waals surface area contributed by atoms with Crippen molar-refractivity contribution in [1.29, 1.82) is 0 Å². The molecule has 1 aromatic carbocycles. The fraction of sp³-hybridized carbons (Fsp3) is 0.222. The Morgan fingerprint density at radius 2 is 1.92 bits per heavy atom. The number of rotatable bonds is 5. The molecule has 24 heavy (non-hydrogen) atoms. The topological polar surface area (TPSA) is 83.6 Å². The van der Waals surface area contributed by atoms with Crippen LogP contribution >= 0.6 is 0 Å². The minimum atomic E-state index is -0.246. The average molecular weight is 321 g/mol. The molecule has 0 saturated heterocycles. The van der Waals surface area contributed by atoms with Crippen molar-refractivity contribution in [2.45, 2.75) is 26.2 Å². The van der Waals surface area contributed by atoms with Crippen molar-refractivity contribution >= 4 is 11.6 Å². The molecule has 0 aliphatic carbocycles. The number of anilines is 2. The zero-order valence-electron chi connectivity index (χ0n) is 13.7. The van der Waals surface area contributed by atoms with Crippen LogP contribution in [0.1, 0.15) is 36.6 Å². The molecule has 3 rings (SSSR count). The molecule has 2 aromatic heterocycles. The van der Waals surface area contributed by atoms with Gasteiger partial charge in [0.25, 0.3) is 5.56 Å². The smallest absolute Gasteiger partial charge is 0.274 e. The van der Waals surface area contributed by atoms with Crippen molar-refractivity contribution in [3.63, 3.8) is 0 Å². The second-order valence-corrected chi connectivity index (χ2v) is 5.89. The van der Waals surface area contributed by atoms with Crippen LogP contribution in [0.2, 0.25) is 0 Å². The third-order valence-corrected chi connectivity index (χ3v) is 3.71. The third-order valence-electron chi connectivity index (χ3n) is 3.71. The zero-order valence-corrected chi connectivity index (χ0v) is 13.7. The number of aromatic amines is 1. The first-order valence-corrected chi connectivity index (χ1v) is 7.83. The molecule has 0 saturated carbocycles. The summed E-state index contributed by atoms with van der Waals surface area (Å²) in [6.45, 7) is 4.30. The SMILES string of the molecule is CC(C)c1ccc(Cc2nnc(Nc3cccnc3)[nH]c2=O)cc1. The van der Waals surface area contributed by atoms with Gasteiger partial charge in [0, 0.05) is 12.6 Å². The van der Waals surface area contributed by atoms with E-state index >= 15 is 0 Å². The monoisotopic (exact) mass is 321 g/mol. The fourth-order valence-corrected chi connectivity index (χ4v) is 2.32. The van der Waals surface area contributed by atoms with Crippen molar-refractivity contribution in [2.75, 3.05) is 5.32 Å². The van der Waals surface area contributed by atoms with Gasteiger partial charge in [0.15, 0.2) is 0 Å². The number of H-pyrrole nitrogens is 1. The second-order valence-electron chi connectivity index (χ2n) is 5.89. The van der Waals surface area contributed by atoms with Crippen molar-refractivity contribution in [3.05, 3.63) is 76.0 Å². The average Bonchev–Trinajstić information content (AvgIpc) is 2.59. The van der Waals surface area contributed by atoms with Crippen LogP contribution in [0.25, 0.3) is 0 Å². The summed E-state index contributed by atoms with van der Waals surface area (Å²) in [6, 6.07) is 11.8. The first-order valence-electron chi connectivity index (χ1n) is 7.83. The Morgan fingerprint density at radius 1 is 1.12 bits per heavy atom. The summed E-state index contributed by atoms with van der Waals surface area (Å²) in [5.74, 6) is 0.784. The summed E-state index contributed by atoms with van der Waals surface area (Å²) in [5, 5.41) is 11.0. The van der Waals surface area contributed by atoms with Gasteiger partial charge >= 0.3 is 0 Å². The van der Waals surface area contributed by atoms with E-state index in [-0.39, 0.29) is 5.56 Å². The minimum absolute atomic E-state index is 0.246. The van der Waals surface area contributed by atoms with E-state index in [0.29, 0.717) is 24.0 Å². The van der Waals surface area contributed by atoms with Crippen molar-refractivity contribution < 1.29 is 0 Å². The first-order chi connectivity index (χ1) is 11.6. The van der Waals surface area contributed by atoms with Crippen LogP contribution in [0.3, 0.4) is 0 Å². The molecule has 0 aliphatic rings. The quantitative estimate of drug-likeness (QED) is 0.754. The van der Waals surface area contributed by atoms with Gasteiger partial charge in [-0.3, -0.25) is 14.8 Å². The standard InChI is InChI=1S/C18H19N5O/c1-12(2)14-7-5-13(6-8-14)10-16-17(24)21-18(23-22-16)20-15-4-3-9-19-11-15/h3-9,11-12H,10H2,1-2H3,(H2,20,21,23,24). The van der Waals surface area contributed by atoms with E-state index in [1.807, 2.05) is 18.2 Å². The van der Waals surface area contributed by atoms with Crippen LogP contribution in [0.4, 0.5) is 11.6 Å². The molecule has 0 radical (unpaired) electrons. The summed E-state index contributed by atoms with van der Waals surface area (Å²) in [6.07, 6.45) is 3.77. The number of nitrogens with one attached hydrogen (secondary N) is 2. The molecule has 0 fully saturated rings. The molecule has 0 aliphatic heterocycles. The molecule has 122 valence electrons. The molecular formula is C18H19N5O. The summed E-state index contributed by atoms with van der Waals surface area (Å²) >= 11 is 0. The van der Waals surface area contributed by atoms with Crippen LogP contribution in [0.15, 0.2) is 53.6 Å². The van der Waals surface area contributed by atoms with Gasteiger partial charge in [0.05, 0.1) is 11.9 Å². The molecule has 0 bridgehead atoms. The Kier molecular flexibility index (Phi) is 4.65. The highest BCUT2D eigenvalue weighted by Gasteiger charge is 2.07. The maximum Gasteiger partial charge on any atom is 0.274 e. The van der Waals surface area contributed by atoms with E-state index in [1.54, 1.807) is 18.5 Å². The molecule has 0 amide bonds. The van der Waals surface area contributed by atoms with E-state index in [1.165, 1.54) is 5.56 Å². The number of nitrogens with zero attached hydrogens (tertiary/aromatic N) is 3. The predicted molar refractivity (Wildman–Crippen MR) is 93.5 cm³/mol. The highest BCUT2D eigenvalue weighted by atomic mass is 16.1. The van der Waals surface area contributed by atoms with Crippen LogP contribution in [-0.2, 0) is 6.42 Å². The van der Waals surface area contributed by atoms with Gasteiger partial charge < -0.3 is 5.32 Å². The number of hydrogen-bond acceptors (Lipinski definition) is 5. The molecule has 6 heteroatoms. The lowest BCUT2D eigenvalue weighted by molar-refractivity contribution is 0.858. The lowest BCUT2D eigenvalue weighted by Gasteiger charge is -2.07. The summed E-state index contributed by atoms with van der Waals surface area (Å²) in [4.78, 5) is 18.9. The van der Waals surface area contributed by atoms with E-state index < -0.39 is 0 Å². The van der Waals surface area contributed by atoms with Gasteiger partial charge in [-0.15, -0.1) is 10.2 Å². The number of benzene rings is 1. The Balaban J connectivity index is 1.74. The predicted octanol–water partition coefficient (Wildman–Crippen LogP) is 3.02. The van der Waals surface area contributed by atoms with Crippen LogP contribution in [0, 0.1) is 0 Å². The maximum atomic E-state index is 12.2. The molecule has 6 nitrogen and oxygen atoms in total. The minimum Gasteiger partial charge on any atom is -0.323 e. The van der Waals surface area contributed by atoms with Gasteiger partial charge in [0.2, 0.25) is 5.95 Å². The largest absolute Gasteiger partial charge is 0.323 e. The molecule has 3 aromatic rings.